The van der Waals surface area contributed by atoms with E-state index >= 15 is 0 Å². The fourth-order valence-corrected chi connectivity index (χ4v) is 2.53. The van der Waals surface area contributed by atoms with Gasteiger partial charge in [0.05, 0.1) is 11.7 Å². The van der Waals surface area contributed by atoms with E-state index in [1.165, 1.54) is 11.0 Å². The van der Waals surface area contributed by atoms with Crippen LogP contribution in [-0.4, -0.2) is 26.1 Å². The summed E-state index contributed by atoms with van der Waals surface area (Å²) in [5, 5.41) is 14.5. The van der Waals surface area contributed by atoms with Crippen molar-refractivity contribution in [2.45, 2.75) is 13.0 Å². The molecule has 3 aromatic rings. The lowest BCUT2D eigenvalue weighted by molar-refractivity contribution is 0.0940. The van der Waals surface area contributed by atoms with Crippen molar-refractivity contribution < 1.29 is 4.79 Å². The highest BCUT2D eigenvalue weighted by molar-refractivity contribution is 6.31. The van der Waals surface area contributed by atoms with Crippen molar-refractivity contribution in [1.82, 2.24) is 25.5 Å². The predicted octanol–water partition coefficient (Wildman–Crippen LogP) is 2.81. The van der Waals surface area contributed by atoms with Gasteiger partial charge >= 0.3 is 0 Å². The second-order valence-electron chi connectivity index (χ2n) is 5.02. The third-order valence-corrected chi connectivity index (χ3v) is 3.81. The molecule has 1 amide bonds. The zero-order valence-corrected chi connectivity index (χ0v) is 13.1. The minimum absolute atomic E-state index is 0.166. The maximum atomic E-state index is 12.3. The predicted molar refractivity (Wildman–Crippen MR) is 86.5 cm³/mol. The largest absolute Gasteiger partial charge is 0.345 e. The van der Waals surface area contributed by atoms with E-state index in [0.717, 1.165) is 11.3 Å². The van der Waals surface area contributed by atoms with E-state index in [2.05, 4.69) is 20.8 Å². The Hall–Kier alpha value is -2.73. The van der Waals surface area contributed by atoms with Crippen molar-refractivity contribution in [3.05, 3.63) is 71.0 Å². The van der Waals surface area contributed by atoms with Crippen molar-refractivity contribution in [3.8, 4) is 5.69 Å². The van der Waals surface area contributed by atoms with Crippen LogP contribution >= 0.6 is 11.6 Å². The fraction of sp³-hybridized carbons (Fsp3) is 0.125. The normalized spacial score (nSPS) is 11.9. The number of carbonyl (C=O) groups is 1. The van der Waals surface area contributed by atoms with Crippen LogP contribution in [0.1, 0.15) is 28.9 Å². The first-order valence-electron chi connectivity index (χ1n) is 7.04. The van der Waals surface area contributed by atoms with E-state index in [4.69, 9.17) is 11.6 Å². The summed E-state index contributed by atoms with van der Waals surface area (Å²) in [6, 6.07) is 14.3. The first kappa shape index (κ1) is 15.2. The van der Waals surface area contributed by atoms with E-state index in [-0.39, 0.29) is 11.9 Å². The molecular formula is C16H14ClN5O. The van der Waals surface area contributed by atoms with Gasteiger partial charge in [-0.15, -0.1) is 5.10 Å². The first-order chi connectivity index (χ1) is 11.1. The molecule has 0 fully saturated rings. The Bertz CT molecular complexity index is 802. The van der Waals surface area contributed by atoms with E-state index < -0.39 is 0 Å². The van der Waals surface area contributed by atoms with Gasteiger partial charge in [0.15, 0.2) is 0 Å². The molecule has 1 heterocycles. The number of amides is 1. The summed E-state index contributed by atoms with van der Waals surface area (Å²) in [5.41, 5.74) is 2.22. The number of aromatic nitrogens is 4. The van der Waals surface area contributed by atoms with Gasteiger partial charge in [0.1, 0.15) is 6.33 Å². The quantitative estimate of drug-likeness (QED) is 0.799. The van der Waals surface area contributed by atoms with Crippen LogP contribution in [0.25, 0.3) is 5.69 Å². The molecule has 3 rings (SSSR count). The zero-order valence-electron chi connectivity index (χ0n) is 12.3. The van der Waals surface area contributed by atoms with E-state index in [9.17, 15) is 4.79 Å². The molecule has 1 N–H and O–H groups in total. The van der Waals surface area contributed by atoms with Crippen molar-refractivity contribution in [2.24, 2.45) is 0 Å². The van der Waals surface area contributed by atoms with Crippen LogP contribution < -0.4 is 5.32 Å². The molecule has 0 saturated heterocycles. The summed E-state index contributed by atoms with van der Waals surface area (Å²) < 4.78 is 1.52. The number of nitrogens with zero attached hydrogens (tertiary/aromatic N) is 4. The molecule has 0 bridgehead atoms. The second-order valence-corrected chi connectivity index (χ2v) is 5.43. The SMILES string of the molecule is CC(NC(=O)c1ccc(-n2cnnn2)cc1)c1ccccc1Cl. The summed E-state index contributed by atoms with van der Waals surface area (Å²) in [6.45, 7) is 1.90. The number of halogens is 1. The number of hydrogen-bond donors (Lipinski definition) is 1. The van der Waals surface area contributed by atoms with Crippen molar-refractivity contribution >= 4 is 17.5 Å². The van der Waals surface area contributed by atoms with Gasteiger partial charge in [-0.1, -0.05) is 29.8 Å². The lowest BCUT2D eigenvalue weighted by atomic mass is 10.1. The Balaban J connectivity index is 1.72. The first-order valence-corrected chi connectivity index (χ1v) is 7.41. The molecule has 1 aromatic heterocycles. The molecule has 0 radical (unpaired) electrons. The highest BCUT2D eigenvalue weighted by atomic mass is 35.5. The Morgan fingerprint density at radius 1 is 1.17 bits per heavy atom. The molecule has 0 aliphatic carbocycles. The van der Waals surface area contributed by atoms with Crippen LogP contribution in [0.3, 0.4) is 0 Å². The third kappa shape index (κ3) is 3.37. The molecule has 2 aromatic carbocycles. The van der Waals surface area contributed by atoms with Crippen molar-refractivity contribution in [3.63, 3.8) is 0 Å². The van der Waals surface area contributed by atoms with E-state index in [0.29, 0.717) is 10.6 Å². The van der Waals surface area contributed by atoms with Gasteiger partial charge in [0, 0.05) is 10.6 Å². The molecule has 1 unspecified atom stereocenters. The monoisotopic (exact) mass is 327 g/mol. The van der Waals surface area contributed by atoms with E-state index in [1.807, 2.05) is 25.1 Å². The Morgan fingerprint density at radius 3 is 2.57 bits per heavy atom. The highest BCUT2D eigenvalue weighted by Gasteiger charge is 2.13. The summed E-state index contributed by atoms with van der Waals surface area (Å²) >= 11 is 6.15. The van der Waals surface area contributed by atoms with Crippen LogP contribution in [0.5, 0.6) is 0 Å². The molecule has 6 nitrogen and oxygen atoms in total. The Kier molecular flexibility index (Phi) is 4.34. The third-order valence-electron chi connectivity index (χ3n) is 3.46. The van der Waals surface area contributed by atoms with Gasteiger partial charge in [-0.2, -0.15) is 0 Å². The minimum atomic E-state index is -0.185. The lowest BCUT2D eigenvalue weighted by Gasteiger charge is -2.15. The zero-order chi connectivity index (χ0) is 16.2. The van der Waals surface area contributed by atoms with E-state index in [1.54, 1.807) is 30.3 Å². The van der Waals surface area contributed by atoms with Gasteiger partial charge in [0.2, 0.25) is 0 Å². The molecular weight excluding hydrogens is 314 g/mol. The maximum absolute atomic E-state index is 12.3. The molecule has 23 heavy (non-hydrogen) atoms. The molecule has 0 aliphatic heterocycles. The topological polar surface area (TPSA) is 72.7 Å². The summed E-state index contributed by atoms with van der Waals surface area (Å²) in [4.78, 5) is 12.3. The molecule has 1 atom stereocenters. The summed E-state index contributed by atoms with van der Waals surface area (Å²) in [5.74, 6) is -0.166. The van der Waals surface area contributed by atoms with Gasteiger partial charge in [0.25, 0.3) is 5.91 Å². The van der Waals surface area contributed by atoms with Crippen LogP contribution in [0.15, 0.2) is 54.9 Å². The maximum Gasteiger partial charge on any atom is 0.251 e. The minimum Gasteiger partial charge on any atom is -0.345 e. The molecule has 0 aliphatic rings. The highest BCUT2D eigenvalue weighted by Crippen LogP contribution is 2.22. The summed E-state index contributed by atoms with van der Waals surface area (Å²) in [6.07, 6.45) is 1.49. The summed E-state index contributed by atoms with van der Waals surface area (Å²) in [7, 11) is 0. The lowest BCUT2D eigenvalue weighted by Crippen LogP contribution is -2.26. The Labute approximate surface area is 138 Å². The van der Waals surface area contributed by atoms with Crippen LogP contribution in [-0.2, 0) is 0 Å². The van der Waals surface area contributed by atoms with Gasteiger partial charge < -0.3 is 5.32 Å². The molecule has 0 spiro atoms. The molecule has 116 valence electrons. The number of rotatable bonds is 4. The fourth-order valence-electron chi connectivity index (χ4n) is 2.23. The molecule has 0 saturated carbocycles. The number of benzene rings is 2. The molecule has 7 heteroatoms. The van der Waals surface area contributed by atoms with Crippen LogP contribution in [0.2, 0.25) is 5.02 Å². The standard InChI is InChI=1S/C16H14ClN5O/c1-11(14-4-2-3-5-15(14)17)19-16(23)12-6-8-13(9-7-12)22-10-18-20-21-22/h2-11H,1H3,(H,19,23). The van der Waals surface area contributed by atoms with Crippen molar-refractivity contribution in [2.75, 3.05) is 0 Å². The average molecular weight is 328 g/mol. The van der Waals surface area contributed by atoms with Crippen molar-refractivity contribution in [1.29, 1.82) is 0 Å². The number of tetrazole rings is 1. The van der Waals surface area contributed by atoms with Gasteiger partial charge in [-0.25, -0.2) is 4.68 Å². The smallest absolute Gasteiger partial charge is 0.251 e. The van der Waals surface area contributed by atoms with Gasteiger partial charge in [-0.3, -0.25) is 4.79 Å². The second kappa shape index (κ2) is 6.58. The van der Waals surface area contributed by atoms with Crippen LogP contribution in [0, 0.1) is 0 Å². The van der Waals surface area contributed by atoms with Gasteiger partial charge in [-0.05, 0) is 53.2 Å². The Morgan fingerprint density at radius 2 is 1.91 bits per heavy atom. The average Bonchev–Trinajstić information content (AvgIpc) is 3.09. The number of carbonyl (C=O) groups excluding carboxylic acids is 1. The number of hydrogen-bond acceptors (Lipinski definition) is 4. The van der Waals surface area contributed by atoms with Crippen LogP contribution in [0.4, 0.5) is 0 Å². The number of nitrogens with one attached hydrogen (secondary N) is 1.